The fraction of sp³-hybridized carbons (Fsp3) is 0.214. The minimum atomic E-state index is -0.160. The van der Waals surface area contributed by atoms with Crippen molar-refractivity contribution in [3.8, 4) is 11.4 Å². The highest BCUT2D eigenvalue weighted by Crippen LogP contribution is 2.17. The largest absolute Gasteiger partial charge is 0.337 e. The Morgan fingerprint density at radius 3 is 2.77 bits per heavy atom. The highest BCUT2D eigenvalue weighted by atomic mass is 32.1. The number of rotatable bonds is 4. The number of carbonyl (C=O) groups is 1. The van der Waals surface area contributed by atoms with Gasteiger partial charge in [0.1, 0.15) is 11.4 Å². The first-order chi connectivity index (χ1) is 10.6. The van der Waals surface area contributed by atoms with E-state index in [-0.39, 0.29) is 12.5 Å². The Morgan fingerprint density at radius 1 is 1.32 bits per heavy atom. The van der Waals surface area contributed by atoms with Crippen LogP contribution in [-0.2, 0) is 6.54 Å². The molecule has 0 aliphatic rings. The van der Waals surface area contributed by atoms with Gasteiger partial charge >= 0.3 is 0 Å². The van der Waals surface area contributed by atoms with Crippen LogP contribution in [0.15, 0.2) is 34.9 Å². The van der Waals surface area contributed by atoms with Gasteiger partial charge in [0, 0.05) is 12.6 Å². The van der Waals surface area contributed by atoms with Gasteiger partial charge in [0.05, 0.1) is 5.69 Å². The molecule has 0 saturated heterocycles. The van der Waals surface area contributed by atoms with E-state index in [1.807, 2.05) is 30.3 Å². The van der Waals surface area contributed by atoms with Gasteiger partial charge < -0.3 is 9.42 Å². The van der Waals surface area contributed by atoms with Crippen molar-refractivity contribution in [3.63, 3.8) is 0 Å². The zero-order valence-corrected chi connectivity index (χ0v) is 12.9. The molecule has 2 heterocycles. The fourth-order valence-electron chi connectivity index (χ4n) is 1.90. The van der Waals surface area contributed by atoms with E-state index in [2.05, 4.69) is 19.7 Å². The Bertz CT molecular complexity index is 783. The van der Waals surface area contributed by atoms with Gasteiger partial charge in [0.2, 0.25) is 11.7 Å². The lowest BCUT2D eigenvalue weighted by Crippen LogP contribution is -2.26. The van der Waals surface area contributed by atoms with Crippen molar-refractivity contribution in [1.82, 2.24) is 24.6 Å². The smallest absolute Gasteiger partial charge is 0.267 e. The van der Waals surface area contributed by atoms with Gasteiger partial charge in [-0.05, 0) is 18.5 Å². The average Bonchev–Trinajstić information content (AvgIpc) is 3.16. The molecule has 1 aromatic carbocycles. The summed E-state index contributed by atoms with van der Waals surface area (Å²) in [5, 5.41) is 7.77. The number of aryl methyl sites for hydroxylation is 1. The van der Waals surface area contributed by atoms with Crippen LogP contribution in [0.1, 0.15) is 21.3 Å². The molecule has 8 heteroatoms. The summed E-state index contributed by atoms with van der Waals surface area (Å²) in [6, 6.07) is 9.52. The topological polar surface area (TPSA) is 85.0 Å². The van der Waals surface area contributed by atoms with Crippen LogP contribution in [0, 0.1) is 6.92 Å². The Kier molecular flexibility index (Phi) is 3.92. The molecule has 0 atom stereocenters. The van der Waals surface area contributed by atoms with Crippen LogP contribution in [-0.4, -0.2) is 37.6 Å². The molecule has 112 valence electrons. The van der Waals surface area contributed by atoms with E-state index in [4.69, 9.17) is 4.52 Å². The second kappa shape index (κ2) is 6.02. The molecule has 0 aliphatic carbocycles. The summed E-state index contributed by atoms with van der Waals surface area (Å²) in [5.74, 6) is 0.726. The minimum Gasteiger partial charge on any atom is -0.337 e. The molecule has 2 aromatic heterocycles. The first-order valence-electron chi connectivity index (χ1n) is 6.57. The number of nitrogens with zero attached hydrogens (tertiary/aromatic N) is 5. The van der Waals surface area contributed by atoms with Crippen molar-refractivity contribution < 1.29 is 9.32 Å². The van der Waals surface area contributed by atoms with Crippen LogP contribution < -0.4 is 0 Å². The fourth-order valence-corrected chi connectivity index (χ4v) is 2.55. The van der Waals surface area contributed by atoms with Crippen LogP contribution in [0.25, 0.3) is 11.4 Å². The van der Waals surface area contributed by atoms with Gasteiger partial charge in [-0.2, -0.15) is 4.98 Å². The van der Waals surface area contributed by atoms with Crippen molar-refractivity contribution in [3.05, 3.63) is 46.8 Å². The Hall–Kier alpha value is -2.61. The van der Waals surface area contributed by atoms with Gasteiger partial charge in [0.25, 0.3) is 5.91 Å². The lowest BCUT2D eigenvalue weighted by Gasteiger charge is -2.13. The van der Waals surface area contributed by atoms with E-state index in [9.17, 15) is 4.79 Å². The molecular formula is C14H13N5O2S. The molecular weight excluding hydrogens is 302 g/mol. The molecule has 7 nitrogen and oxygen atoms in total. The molecule has 1 amide bonds. The number of carbonyl (C=O) groups excluding carboxylic acids is 1. The van der Waals surface area contributed by atoms with Crippen LogP contribution in [0.3, 0.4) is 0 Å². The van der Waals surface area contributed by atoms with Crippen LogP contribution in [0.5, 0.6) is 0 Å². The molecule has 0 fully saturated rings. The molecule has 0 unspecified atom stereocenters. The zero-order valence-electron chi connectivity index (χ0n) is 12.1. The van der Waals surface area contributed by atoms with Crippen LogP contribution in [0.4, 0.5) is 0 Å². The number of hydrogen-bond donors (Lipinski definition) is 0. The lowest BCUT2D eigenvalue weighted by atomic mass is 10.2. The van der Waals surface area contributed by atoms with Crippen molar-refractivity contribution in [2.24, 2.45) is 0 Å². The van der Waals surface area contributed by atoms with Gasteiger partial charge in [-0.3, -0.25) is 4.79 Å². The first kappa shape index (κ1) is 14.3. The Labute approximate surface area is 130 Å². The third-order valence-electron chi connectivity index (χ3n) is 3.06. The second-order valence-electron chi connectivity index (χ2n) is 4.73. The molecule has 0 saturated carbocycles. The van der Waals surface area contributed by atoms with Gasteiger partial charge in [-0.15, -0.1) is 5.10 Å². The summed E-state index contributed by atoms with van der Waals surface area (Å²) in [5.41, 5.74) is 1.49. The number of benzene rings is 1. The van der Waals surface area contributed by atoms with E-state index in [0.717, 1.165) is 17.1 Å². The van der Waals surface area contributed by atoms with E-state index in [1.165, 1.54) is 4.90 Å². The highest BCUT2D eigenvalue weighted by Gasteiger charge is 2.20. The summed E-state index contributed by atoms with van der Waals surface area (Å²) in [6.45, 7) is 1.99. The third-order valence-corrected chi connectivity index (χ3v) is 3.88. The van der Waals surface area contributed by atoms with Crippen LogP contribution >= 0.6 is 11.5 Å². The maximum absolute atomic E-state index is 12.3. The Morgan fingerprint density at radius 2 is 2.09 bits per heavy atom. The standard InChI is InChI=1S/C14H13N5O2S/c1-9-12(22-18-16-9)14(20)19(2)8-11-15-13(17-21-11)10-6-4-3-5-7-10/h3-7H,8H2,1-2H3. The molecule has 0 radical (unpaired) electrons. The number of amides is 1. The lowest BCUT2D eigenvalue weighted by molar-refractivity contribution is 0.0773. The predicted molar refractivity (Wildman–Crippen MR) is 80.2 cm³/mol. The molecule has 3 rings (SSSR count). The maximum atomic E-state index is 12.3. The first-order valence-corrected chi connectivity index (χ1v) is 7.35. The quantitative estimate of drug-likeness (QED) is 0.733. The van der Waals surface area contributed by atoms with Gasteiger partial charge in [0.15, 0.2) is 0 Å². The molecule has 0 bridgehead atoms. The zero-order chi connectivity index (χ0) is 15.5. The van der Waals surface area contributed by atoms with Gasteiger partial charge in [-0.1, -0.05) is 40.0 Å². The number of hydrogen-bond acceptors (Lipinski definition) is 7. The summed E-state index contributed by atoms with van der Waals surface area (Å²) >= 11 is 1.08. The van der Waals surface area contributed by atoms with E-state index >= 15 is 0 Å². The molecule has 0 spiro atoms. The third kappa shape index (κ3) is 2.86. The maximum Gasteiger partial charge on any atom is 0.267 e. The van der Waals surface area contributed by atoms with Gasteiger partial charge in [-0.25, -0.2) is 0 Å². The van der Waals surface area contributed by atoms with E-state index in [0.29, 0.717) is 22.3 Å². The molecule has 22 heavy (non-hydrogen) atoms. The van der Waals surface area contributed by atoms with Crippen LogP contribution in [0.2, 0.25) is 0 Å². The highest BCUT2D eigenvalue weighted by molar-refractivity contribution is 7.07. The summed E-state index contributed by atoms with van der Waals surface area (Å²) in [6.07, 6.45) is 0. The number of aromatic nitrogens is 4. The minimum absolute atomic E-state index is 0.160. The average molecular weight is 315 g/mol. The van der Waals surface area contributed by atoms with E-state index in [1.54, 1.807) is 14.0 Å². The summed E-state index contributed by atoms with van der Waals surface area (Å²) in [7, 11) is 1.67. The van der Waals surface area contributed by atoms with Crippen molar-refractivity contribution in [2.45, 2.75) is 13.5 Å². The normalized spacial score (nSPS) is 10.6. The molecule has 0 aliphatic heterocycles. The van der Waals surface area contributed by atoms with E-state index < -0.39 is 0 Å². The molecule has 0 N–H and O–H groups in total. The Balaban J connectivity index is 1.73. The molecule has 3 aromatic rings. The second-order valence-corrected chi connectivity index (χ2v) is 5.48. The predicted octanol–water partition coefficient (Wildman–Crippen LogP) is 2.17. The van der Waals surface area contributed by atoms with Crippen molar-refractivity contribution in [2.75, 3.05) is 7.05 Å². The summed E-state index contributed by atoms with van der Waals surface area (Å²) in [4.78, 5) is 18.6. The monoisotopic (exact) mass is 315 g/mol. The van der Waals surface area contributed by atoms with Crippen molar-refractivity contribution in [1.29, 1.82) is 0 Å². The SMILES string of the molecule is Cc1nnsc1C(=O)N(C)Cc1nc(-c2ccccc2)no1. The summed E-state index contributed by atoms with van der Waals surface area (Å²) < 4.78 is 8.97. The van der Waals surface area contributed by atoms with Crippen molar-refractivity contribution >= 4 is 17.4 Å².